The fourth-order valence-electron chi connectivity index (χ4n) is 1.87. The SMILES string of the molecule is COc1ccc(CN(C)CC(N)CC(=O)O)cc1Br. The molecule has 5 nitrogen and oxygen atoms in total. The van der Waals surface area contributed by atoms with Gasteiger partial charge in [0, 0.05) is 19.1 Å². The number of hydrogen-bond acceptors (Lipinski definition) is 4. The van der Waals surface area contributed by atoms with Crippen LogP contribution in [0.4, 0.5) is 0 Å². The Kier molecular flexibility index (Phi) is 6.27. The van der Waals surface area contributed by atoms with Crippen LogP contribution in [-0.4, -0.2) is 42.7 Å². The molecule has 0 fully saturated rings. The van der Waals surface area contributed by atoms with Gasteiger partial charge in [0.15, 0.2) is 0 Å². The molecule has 0 aliphatic carbocycles. The Hall–Kier alpha value is -1.11. The van der Waals surface area contributed by atoms with Gasteiger partial charge in [-0.1, -0.05) is 6.07 Å². The van der Waals surface area contributed by atoms with E-state index in [4.69, 9.17) is 15.6 Å². The molecule has 0 aliphatic heterocycles. The predicted molar refractivity (Wildman–Crippen MR) is 77.3 cm³/mol. The van der Waals surface area contributed by atoms with Gasteiger partial charge in [0.05, 0.1) is 18.0 Å². The number of aliphatic carboxylic acids is 1. The minimum absolute atomic E-state index is 0.0172. The summed E-state index contributed by atoms with van der Waals surface area (Å²) >= 11 is 3.43. The molecule has 1 unspecified atom stereocenters. The molecule has 1 rings (SSSR count). The summed E-state index contributed by atoms with van der Waals surface area (Å²) in [5, 5.41) is 8.66. The maximum absolute atomic E-state index is 10.5. The number of nitrogens with two attached hydrogens (primary N) is 1. The standard InChI is InChI=1S/C13H19BrN2O3/c1-16(8-10(15)6-13(17)18)7-9-3-4-12(19-2)11(14)5-9/h3-5,10H,6-8,15H2,1-2H3,(H,17,18). The molecule has 106 valence electrons. The quantitative estimate of drug-likeness (QED) is 0.795. The fourth-order valence-corrected chi connectivity index (χ4v) is 2.46. The number of rotatable bonds is 7. The summed E-state index contributed by atoms with van der Waals surface area (Å²) in [6.45, 7) is 1.24. The summed E-state index contributed by atoms with van der Waals surface area (Å²) in [6.07, 6.45) is -0.0172. The first-order valence-corrected chi connectivity index (χ1v) is 6.70. The fraction of sp³-hybridized carbons (Fsp3) is 0.462. The zero-order valence-corrected chi connectivity index (χ0v) is 12.7. The predicted octanol–water partition coefficient (Wildman–Crippen LogP) is 1.69. The molecule has 0 bridgehead atoms. The van der Waals surface area contributed by atoms with Crippen LogP contribution in [0.15, 0.2) is 22.7 Å². The lowest BCUT2D eigenvalue weighted by Crippen LogP contribution is -2.36. The van der Waals surface area contributed by atoms with E-state index in [0.717, 1.165) is 15.8 Å². The summed E-state index contributed by atoms with van der Waals surface area (Å²) in [7, 11) is 3.54. The maximum atomic E-state index is 10.5. The molecule has 3 N–H and O–H groups in total. The smallest absolute Gasteiger partial charge is 0.304 e. The third kappa shape index (κ3) is 5.59. The second kappa shape index (κ2) is 7.47. The molecule has 0 saturated heterocycles. The van der Waals surface area contributed by atoms with Crippen molar-refractivity contribution < 1.29 is 14.6 Å². The average Bonchev–Trinajstić information content (AvgIpc) is 2.27. The van der Waals surface area contributed by atoms with E-state index in [1.807, 2.05) is 30.1 Å². The molecule has 0 heterocycles. The van der Waals surface area contributed by atoms with Gasteiger partial charge < -0.3 is 20.5 Å². The third-order valence-corrected chi connectivity index (χ3v) is 3.27. The van der Waals surface area contributed by atoms with Crippen molar-refractivity contribution in [1.29, 1.82) is 0 Å². The number of halogens is 1. The molecule has 0 aromatic heterocycles. The number of carbonyl (C=O) groups is 1. The lowest BCUT2D eigenvalue weighted by molar-refractivity contribution is -0.137. The molecule has 0 spiro atoms. The minimum Gasteiger partial charge on any atom is -0.496 e. The van der Waals surface area contributed by atoms with E-state index in [9.17, 15) is 4.79 Å². The van der Waals surface area contributed by atoms with Crippen LogP contribution in [0.5, 0.6) is 5.75 Å². The minimum atomic E-state index is -0.868. The highest BCUT2D eigenvalue weighted by atomic mass is 79.9. The van der Waals surface area contributed by atoms with Crippen molar-refractivity contribution in [1.82, 2.24) is 4.90 Å². The lowest BCUT2D eigenvalue weighted by Gasteiger charge is -2.20. The highest BCUT2D eigenvalue weighted by molar-refractivity contribution is 9.10. The Labute approximate surface area is 121 Å². The lowest BCUT2D eigenvalue weighted by atomic mass is 10.1. The van der Waals surface area contributed by atoms with Gasteiger partial charge in [-0.15, -0.1) is 0 Å². The number of nitrogens with zero attached hydrogens (tertiary/aromatic N) is 1. The Morgan fingerprint density at radius 2 is 2.26 bits per heavy atom. The monoisotopic (exact) mass is 330 g/mol. The summed E-state index contributed by atoms with van der Waals surface area (Å²) in [5.41, 5.74) is 6.86. The van der Waals surface area contributed by atoms with Crippen molar-refractivity contribution in [3.63, 3.8) is 0 Å². The van der Waals surface area contributed by atoms with Crippen LogP contribution in [0.25, 0.3) is 0 Å². The summed E-state index contributed by atoms with van der Waals surface area (Å²) < 4.78 is 6.07. The summed E-state index contributed by atoms with van der Waals surface area (Å²) in [5.74, 6) is -0.0814. The average molecular weight is 331 g/mol. The highest BCUT2D eigenvalue weighted by Gasteiger charge is 2.11. The van der Waals surface area contributed by atoms with Gasteiger partial charge in [-0.2, -0.15) is 0 Å². The van der Waals surface area contributed by atoms with Crippen molar-refractivity contribution in [2.45, 2.75) is 19.0 Å². The van der Waals surface area contributed by atoms with E-state index in [-0.39, 0.29) is 12.5 Å². The van der Waals surface area contributed by atoms with Crippen LogP contribution in [0.3, 0.4) is 0 Å². The number of hydrogen-bond donors (Lipinski definition) is 2. The van der Waals surface area contributed by atoms with Crippen LogP contribution >= 0.6 is 15.9 Å². The Morgan fingerprint density at radius 1 is 1.58 bits per heavy atom. The molecule has 1 aromatic rings. The third-order valence-electron chi connectivity index (χ3n) is 2.65. The first-order valence-electron chi connectivity index (χ1n) is 5.90. The number of carboxylic acids is 1. The number of ether oxygens (including phenoxy) is 1. The van der Waals surface area contributed by atoms with Gasteiger partial charge in [0.2, 0.25) is 0 Å². The van der Waals surface area contributed by atoms with Gasteiger partial charge in [0.25, 0.3) is 0 Å². The first kappa shape index (κ1) is 15.9. The largest absolute Gasteiger partial charge is 0.496 e. The number of methoxy groups -OCH3 is 1. The molecule has 1 aromatic carbocycles. The molecular weight excluding hydrogens is 312 g/mol. The molecule has 0 aliphatic rings. The van der Waals surface area contributed by atoms with E-state index in [1.54, 1.807) is 7.11 Å². The van der Waals surface area contributed by atoms with Gasteiger partial charge in [-0.25, -0.2) is 0 Å². The molecule has 6 heteroatoms. The highest BCUT2D eigenvalue weighted by Crippen LogP contribution is 2.25. The molecule has 19 heavy (non-hydrogen) atoms. The van der Waals surface area contributed by atoms with Crippen molar-refractivity contribution in [3.05, 3.63) is 28.2 Å². The van der Waals surface area contributed by atoms with Crippen LogP contribution < -0.4 is 10.5 Å². The molecule has 1 atom stereocenters. The Morgan fingerprint density at radius 3 is 2.79 bits per heavy atom. The van der Waals surface area contributed by atoms with Gasteiger partial charge >= 0.3 is 5.97 Å². The van der Waals surface area contributed by atoms with Gasteiger partial charge in [-0.3, -0.25) is 4.79 Å². The van der Waals surface area contributed by atoms with E-state index < -0.39 is 5.97 Å². The number of benzene rings is 1. The molecule has 0 saturated carbocycles. The zero-order chi connectivity index (χ0) is 14.4. The van der Waals surface area contributed by atoms with Crippen LogP contribution in [0.1, 0.15) is 12.0 Å². The van der Waals surface area contributed by atoms with E-state index >= 15 is 0 Å². The topological polar surface area (TPSA) is 75.8 Å². The van der Waals surface area contributed by atoms with Crippen molar-refractivity contribution in [2.75, 3.05) is 20.7 Å². The molecule has 0 radical (unpaired) electrons. The van der Waals surface area contributed by atoms with Crippen LogP contribution in [0.2, 0.25) is 0 Å². The van der Waals surface area contributed by atoms with Crippen molar-refractivity contribution in [2.24, 2.45) is 5.73 Å². The van der Waals surface area contributed by atoms with E-state index in [2.05, 4.69) is 15.9 Å². The summed E-state index contributed by atoms with van der Waals surface area (Å²) in [6, 6.07) is 5.50. The van der Waals surface area contributed by atoms with Crippen LogP contribution in [0, 0.1) is 0 Å². The number of carboxylic acid groups (broad SMARTS) is 1. The first-order chi connectivity index (χ1) is 8.92. The Bertz CT molecular complexity index is 440. The maximum Gasteiger partial charge on any atom is 0.304 e. The van der Waals surface area contributed by atoms with E-state index in [1.165, 1.54) is 0 Å². The van der Waals surface area contributed by atoms with Gasteiger partial charge in [0.1, 0.15) is 5.75 Å². The molecule has 0 amide bonds. The second-order valence-electron chi connectivity index (χ2n) is 4.52. The second-order valence-corrected chi connectivity index (χ2v) is 5.38. The van der Waals surface area contributed by atoms with E-state index in [0.29, 0.717) is 13.1 Å². The van der Waals surface area contributed by atoms with Crippen molar-refractivity contribution in [3.8, 4) is 5.75 Å². The normalized spacial score (nSPS) is 12.5. The Balaban J connectivity index is 2.54. The zero-order valence-electron chi connectivity index (χ0n) is 11.1. The molecular formula is C13H19BrN2O3. The van der Waals surface area contributed by atoms with Gasteiger partial charge in [-0.05, 0) is 40.7 Å². The number of likely N-dealkylation sites (N-methyl/N-ethyl adjacent to an activating group) is 1. The van der Waals surface area contributed by atoms with Crippen molar-refractivity contribution >= 4 is 21.9 Å². The van der Waals surface area contributed by atoms with Crippen LogP contribution in [-0.2, 0) is 11.3 Å². The summed E-state index contributed by atoms with van der Waals surface area (Å²) in [4.78, 5) is 12.5.